The van der Waals surface area contributed by atoms with Crippen LogP contribution in [0.3, 0.4) is 0 Å². The molecule has 2 heterocycles. The Balaban J connectivity index is 2.04. The molecule has 0 aliphatic carbocycles. The summed E-state index contributed by atoms with van der Waals surface area (Å²) in [5.74, 6) is -0.638. The van der Waals surface area contributed by atoms with Gasteiger partial charge in [-0.2, -0.15) is 0 Å². The van der Waals surface area contributed by atoms with E-state index in [1.54, 1.807) is 18.2 Å². The summed E-state index contributed by atoms with van der Waals surface area (Å²) in [6.45, 7) is 0. The van der Waals surface area contributed by atoms with Gasteiger partial charge >= 0.3 is 0 Å². The molecule has 1 aliphatic rings. The van der Waals surface area contributed by atoms with E-state index in [-0.39, 0.29) is 5.52 Å². The van der Waals surface area contributed by atoms with E-state index in [1.807, 2.05) is 6.07 Å². The van der Waals surface area contributed by atoms with Crippen molar-refractivity contribution in [3.05, 3.63) is 60.2 Å². The monoisotopic (exact) mass is 321 g/mol. The lowest BCUT2D eigenvalue weighted by Crippen LogP contribution is -2.01. The normalized spacial score (nSPS) is 12.2. The molecule has 1 aliphatic heterocycles. The molecule has 0 saturated carbocycles. The third kappa shape index (κ3) is 1.61. The molecule has 0 amide bonds. The maximum Gasteiger partial charge on any atom is 0.190 e. The van der Waals surface area contributed by atoms with Crippen LogP contribution in [-0.2, 0) is 0 Å². The summed E-state index contributed by atoms with van der Waals surface area (Å²) < 4.78 is 34.0. The molecule has 0 saturated heterocycles. The highest BCUT2D eigenvalue weighted by molar-refractivity contribution is 6.14. The van der Waals surface area contributed by atoms with E-state index in [9.17, 15) is 13.9 Å². The number of benzene rings is 3. The van der Waals surface area contributed by atoms with E-state index in [2.05, 4.69) is 4.98 Å². The number of aromatic nitrogens is 1. The second-order valence-electron chi connectivity index (χ2n) is 5.68. The van der Waals surface area contributed by atoms with Gasteiger partial charge in [0.1, 0.15) is 22.8 Å². The SMILES string of the molecule is Oc1ccc2c(nc3c4c(cccc42)Oc2ccc(F)cc2-3)c1F. The number of hydrogen-bond acceptors (Lipinski definition) is 3. The quantitative estimate of drug-likeness (QED) is 0.401. The fourth-order valence-electron chi connectivity index (χ4n) is 3.22. The molecule has 0 fully saturated rings. The number of pyridine rings is 1. The summed E-state index contributed by atoms with van der Waals surface area (Å²) in [4.78, 5) is 4.40. The van der Waals surface area contributed by atoms with Crippen LogP contribution in [0.4, 0.5) is 8.78 Å². The summed E-state index contributed by atoms with van der Waals surface area (Å²) in [6, 6.07) is 12.5. The highest BCUT2D eigenvalue weighted by atomic mass is 19.1. The summed E-state index contributed by atoms with van der Waals surface area (Å²) in [5.41, 5.74) is 0.952. The van der Waals surface area contributed by atoms with Crippen LogP contribution in [0, 0.1) is 11.6 Å². The minimum absolute atomic E-state index is 0.0479. The molecule has 1 aromatic heterocycles. The number of phenols is 1. The van der Waals surface area contributed by atoms with E-state index in [4.69, 9.17) is 4.74 Å². The van der Waals surface area contributed by atoms with Crippen LogP contribution >= 0.6 is 0 Å². The first-order chi connectivity index (χ1) is 11.6. The van der Waals surface area contributed by atoms with E-state index < -0.39 is 17.4 Å². The largest absolute Gasteiger partial charge is 0.505 e. The second kappa shape index (κ2) is 4.41. The number of halogens is 2. The lowest BCUT2D eigenvalue weighted by atomic mass is 9.96. The van der Waals surface area contributed by atoms with Crippen LogP contribution in [0.25, 0.3) is 32.9 Å². The van der Waals surface area contributed by atoms with Crippen LogP contribution < -0.4 is 4.74 Å². The minimum atomic E-state index is -0.791. The first-order valence-electron chi connectivity index (χ1n) is 7.35. The summed E-state index contributed by atoms with van der Waals surface area (Å²) in [6.07, 6.45) is 0. The van der Waals surface area contributed by atoms with Crippen LogP contribution in [0.1, 0.15) is 0 Å². The smallest absolute Gasteiger partial charge is 0.190 e. The lowest BCUT2D eigenvalue weighted by molar-refractivity contribution is 0.435. The van der Waals surface area contributed by atoms with Gasteiger partial charge in [0.2, 0.25) is 0 Å². The van der Waals surface area contributed by atoms with Gasteiger partial charge < -0.3 is 9.84 Å². The van der Waals surface area contributed by atoms with Crippen molar-refractivity contribution < 1.29 is 18.6 Å². The van der Waals surface area contributed by atoms with Gasteiger partial charge in [0.15, 0.2) is 11.6 Å². The Hall–Kier alpha value is -3.21. The van der Waals surface area contributed by atoms with Crippen molar-refractivity contribution in [3.63, 3.8) is 0 Å². The van der Waals surface area contributed by atoms with Gasteiger partial charge in [0.05, 0.1) is 11.1 Å². The molecule has 5 rings (SSSR count). The molecule has 0 bridgehead atoms. The topological polar surface area (TPSA) is 42.4 Å². The zero-order valence-corrected chi connectivity index (χ0v) is 12.2. The maximum atomic E-state index is 14.4. The van der Waals surface area contributed by atoms with Crippen molar-refractivity contribution in [3.8, 4) is 28.5 Å². The van der Waals surface area contributed by atoms with Crippen molar-refractivity contribution in [2.75, 3.05) is 0 Å². The number of fused-ring (bicyclic) bond motifs is 4. The Morgan fingerprint density at radius 3 is 2.67 bits per heavy atom. The van der Waals surface area contributed by atoms with E-state index in [0.29, 0.717) is 33.5 Å². The predicted molar refractivity (Wildman–Crippen MR) is 86.3 cm³/mol. The molecule has 3 aromatic carbocycles. The van der Waals surface area contributed by atoms with Crippen molar-refractivity contribution in [1.82, 2.24) is 4.98 Å². The van der Waals surface area contributed by atoms with Gasteiger partial charge in [0.25, 0.3) is 0 Å². The van der Waals surface area contributed by atoms with Gasteiger partial charge in [-0.05, 0) is 41.8 Å². The highest BCUT2D eigenvalue weighted by Crippen LogP contribution is 2.47. The second-order valence-corrected chi connectivity index (χ2v) is 5.68. The first-order valence-corrected chi connectivity index (χ1v) is 7.35. The fourth-order valence-corrected chi connectivity index (χ4v) is 3.22. The maximum absolute atomic E-state index is 14.4. The summed E-state index contributed by atoms with van der Waals surface area (Å²) in [7, 11) is 0. The number of phenolic OH excluding ortho intramolecular Hbond substituents is 1. The van der Waals surface area contributed by atoms with Crippen molar-refractivity contribution in [2.45, 2.75) is 0 Å². The molecular weight excluding hydrogens is 312 g/mol. The lowest BCUT2D eigenvalue weighted by Gasteiger charge is -2.21. The van der Waals surface area contributed by atoms with Crippen molar-refractivity contribution in [1.29, 1.82) is 0 Å². The Labute approximate surface area is 134 Å². The molecule has 0 atom stereocenters. The minimum Gasteiger partial charge on any atom is -0.505 e. The molecule has 3 nitrogen and oxygen atoms in total. The third-order valence-electron chi connectivity index (χ3n) is 4.29. The van der Waals surface area contributed by atoms with Gasteiger partial charge in [-0.3, -0.25) is 0 Å². The van der Waals surface area contributed by atoms with E-state index >= 15 is 0 Å². The van der Waals surface area contributed by atoms with Crippen LogP contribution in [0.5, 0.6) is 17.2 Å². The molecule has 4 aromatic rings. The van der Waals surface area contributed by atoms with Gasteiger partial charge in [0, 0.05) is 10.9 Å². The number of aromatic hydroxyl groups is 1. The number of ether oxygens (including phenoxy) is 1. The molecule has 0 spiro atoms. The molecular formula is C19H9F2NO2. The van der Waals surface area contributed by atoms with Crippen molar-refractivity contribution >= 4 is 21.7 Å². The van der Waals surface area contributed by atoms with Crippen LogP contribution in [0.2, 0.25) is 0 Å². The fraction of sp³-hybridized carbons (Fsp3) is 0. The Kier molecular flexibility index (Phi) is 2.44. The first kappa shape index (κ1) is 13.2. The Morgan fingerprint density at radius 2 is 1.79 bits per heavy atom. The average molecular weight is 321 g/mol. The zero-order valence-electron chi connectivity index (χ0n) is 12.2. The van der Waals surface area contributed by atoms with Crippen molar-refractivity contribution in [2.24, 2.45) is 0 Å². The van der Waals surface area contributed by atoms with Gasteiger partial charge in [-0.25, -0.2) is 13.8 Å². The third-order valence-corrected chi connectivity index (χ3v) is 4.29. The standard InChI is InChI=1S/C19H9F2NO2/c20-9-4-7-14-12(8-9)18-16-10(2-1-3-15(16)24-14)11-5-6-13(23)17(21)19(11)22-18/h1-8,23H. The highest BCUT2D eigenvalue weighted by Gasteiger charge is 2.24. The molecule has 24 heavy (non-hydrogen) atoms. The summed E-state index contributed by atoms with van der Waals surface area (Å²) in [5, 5.41) is 11.7. The van der Waals surface area contributed by atoms with E-state index in [1.165, 1.54) is 24.3 Å². The van der Waals surface area contributed by atoms with E-state index in [0.717, 1.165) is 5.39 Å². The van der Waals surface area contributed by atoms with Crippen LogP contribution in [0.15, 0.2) is 48.5 Å². The average Bonchev–Trinajstić information content (AvgIpc) is 2.59. The van der Waals surface area contributed by atoms with Gasteiger partial charge in [-0.1, -0.05) is 12.1 Å². The Morgan fingerprint density at radius 1 is 0.917 bits per heavy atom. The number of rotatable bonds is 0. The zero-order chi connectivity index (χ0) is 16.4. The Bertz CT molecular complexity index is 1170. The van der Waals surface area contributed by atoms with Gasteiger partial charge in [-0.15, -0.1) is 0 Å². The number of hydrogen-bond donors (Lipinski definition) is 1. The predicted octanol–water partition coefficient (Wildman–Crippen LogP) is 5.14. The molecule has 116 valence electrons. The molecule has 0 radical (unpaired) electrons. The summed E-state index contributed by atoms with van der Waals surface area (Å²) >= 11 is 0. The van der Waals surface area contributed by atoms with Crippen LogP contribution in [-0.4, -0.2) is 10.1 Å². The molecule has 0 unspecified atom stereocenters. The molecule has 5 heteroatoms. The number of nitrogens with zero attached hydrogens (tertiary/aromatic N) is 1. The molecule has 1 N–H and O–H groups in total.